The van der Waals surface area contributed by atoms with Crippen LogP contribution in [0, 0.1) is 15.5 Å². The molecule has 1 atom stereocenters. The lowest BCUT2D eigenvalue weighted by atomic mass is 10.2. The Morgan fingerprint density at radius 2 is 2.23 bits per heavy atom. The average molecular weight is 185 g/mol. The molecule has 8 nitrogen and oxygen atoms in total. The summed E-state index contributed by atoms with van der Waals surface area (Å²) in [6, 6.07) is -1.54. The molecule has 1 saturated heterocycles. The van der Waals surface area contributed by atoms with Crippen LogP contribution >= 0.6 is 0 Å². The Morgan fingerprint density at radius 3 is 2.69 bits per heavy atom. The molecule has 1 fully saturated rings. The van der Waals surface area contributed by atoms with Crippen molar-refractivity contribution in [2.45, 2.75) is 6.04 Å². The Hall–Kier alpha value is -1.99. The van der Waals surface area contributed by atoms with Gasteiger partial charge in [-0.15, -0.1) is 0 Å². The van der Waals surface area contributed by atoms with Gasteiger partial charge in [0.25, 0.3) is 0 Å². The van der Waals surface area contributed by atoms with E-state index in [4.69, 9.17) is 5.41 Å². The fourth-order valence-electron chi connectivity index (χ4n) is 0.917. The van der Waals surface area contributed by atoms with Crippen molar-refractivity contribution in [1.29, 1.82) is 5.41 Å². The van der Waals surface area contributed by atoms with Gasteiger partial charge in [-0.25, -0.2) is 0 Å². The van der Waals surface area contributed by atoms with E-state index in [0.29, 0.717) is 0 Å². The Morgan fingerprint density at radius 1 is 1.62 bits per heavy atom. The van der Waals surface area contributed by atoms with Crippen molar-refractivity contribution in [3.8, 4) is 0 Å². The Kier molecular flexibility index (Phi) is 2.22. The summed E-state index contributed by atoms with van der Waals surface area (Å²) in [5.74, 6) is -1.28. The zero-order valence-electron chi connectivity index (χ0n) is 6.70. The number of aliphatic imine (C=N–C) groups is 1. The van der Waals surface area contributed by atoms with Gasteiger partial charge in [0.05, 0.1) is 0 Å². The molecule has 0 aromatic heterocycles. The third kappa shape index (κ3) is 1.60. The summed E-state index contributed by atoms with van der Waals surface area (Å²) < 4.78 is 0. The van der Waals surface area contributed by atoms with E-state index >= 15 is 0 Å². The first-order valence-corrected chi connectivity index (χ1v) is 3.33. The van der Waals surface area contributed by atoms with Gasteiger partial charge in [-0.2, -0.15) is 0 Å². The van der Waals surface area contributed by atoms with Gasteiger partial charge < -0.3 is 5.32 Å². The van der Waals surface area contributed by atoms with Crippen molar-refractivity contribution >= 4 is 17.7 Å². The Bertz CT molecular complexity index is 309. The van der Waals surface area contributed by atoms with Crippen LogP contribution in [0.3, 0.4) is 0 Å². The monoisotopic (exact) mass is 185 g/mol. The van der Waals surface area contributed by atoms with Crippen molar-refractivity contribution in [3.63, 3.8) is 0 Å². The van der Waals surface area contributed by atoms with E-state index < -0.39 is 16.9 Å². The second-order valence-corrected chi connectivity index (χ2v) is 2.29. The van der Waals surface area contributed by atoms with Gasteiger partial charge in [-0.1, -0.05) is 0 Å². The maximum atomic E-state index is 11.0. The molecule has 1 unspecified atom stereocenters. The average Bonchev–Trinajstić information content (AvgIpc) is 2.01. The van der Waals surface area contributed by atoms with Crippen LogP contribution in [-0.2, 0) is 4.79 Å². The summed E-state index contributed by atoms with van der Waals surface area (Å²) >= 11 is 0. The SMILES string of the molecule is CN=C1NC(=N)NC(=O)C1[N+](=O)[O-]. The smallest absolute Gasteiger partial charge is 0.308 e. The van der Waals surface area contributed by atoms with Crippen LogP contribution in [0.2, 0.25) is 0 Å². The third-order valence-electron chi connectivity index (χ3n) is 1.46. The van der Waals surface area contributed by atoms with Crippen molar-refractivity contribution in [1.82, 2.24) is 10.6 Å². The van der Waals surface area contributed by atoms with Gasteiger partial charge in [0, 0.05) is 12.0 Å². The molecule has 3 N–H and O–H groups in total. The summed E-state index contributed by atoms with van der Waals surface area (Å²) in [6.07, 6.45) is 0. The van der Waals surface area contributed by atoms with Gasteiger partial charge in [0.15, 0.2) is 5.84 Å². The number of hydrogen-bond acceptors (Lipinski definition) is 5. The number of nitro groups is 1. The van der Waals surface area contributed by atoms with E-state index in [-0.39, 0.29) is 11.8 Å². The molecule has 0 spiro atoms. The molecule has 0 aromatic carbocycles. The Labute approximate surface area is 72.7 Å². The van der Waals surface area contributed by atoms with Crippen molar-refractivity contribution in [3.05, 3.63) is 10.1 Å². The lowest BCUT2D eigenvalue weighted by Crippen LogP contribution is -2.61. The number of amidine groups is 1. The first-order valence-electron chi connectivity index (χ1n) is 3.33. The number of nitrogens with one attached hydrogen (secondary N) is 3. The number of carbonyl (C=O) groups excluding carboxylic acids is 1. The quantitative estimate of drug-likeness (QED) is 0.333. The zero-order valence-corrected chi connectivity index (χ0v) is 6.70. The van der Waals surface area contributed by atoms with Gasteiger partial charge in [0.2, 0.25) is 5.96 Å². The van der Waals surface area contributed by atoms with Crippen molar-refractivity contribution in [2.24, 2.45) is 4.99 Å². The summed E-state index contributed by atoms with van der Waals surface area (Å²) in [5.41, 5.74) is 0. The van der Waals surface area contributed by atoms with Crippen molar-refractivity contribution in [2.75, 3.05) is 7.05 Å². The molecular weight excluding hydrogens is 178 g/mol. The highest BCUT2D eigenvalue weighted by Gasteiger charge is 2.40. The molecule has 0 aromatic rings. The minimum atomic E-state index is -1.54. The maximum Gasteiger partial charge on any atom is 0.346 e. The van der Waals surface area contributed by atoms with E-state index in [9.17, 15) is 14.9 Å². The van der Waals surface area contributed by atoms with Crippen LogP contribution in [-0.4, -0.2) is 35.7 Å². The highest BCUT2D eigenvalue weighted by Crippen LogP contribution is 1.97. The third-order valence-corrected chi connectivity index (χ3v) is 1.46. The predicted molar refractivity (Wildman–Crippen MR) is 43.1 cm³/mol. The summed E-state index contributed by atoms with van der Waals surface area (Å²) in [5, 5.41) is 21.7. The molecule has 0 radical (unpaired) electrons. The molecule has 1 rings (SSSR count). The summed E-state index contributed by atoms with van der Waals surface area (Å²) in [6.45, 7) is 0. The topological polar surface area (TPSA) is 120 Å². The van der Waals surface area contributed by atoms with E-state index in [1.165, 1.54) is 7.05 Å². The molecule has 0 saturated carbocycles. The summed E-state index contributed by atoms with van der Waals surface area (Å²) in [7, 11) is 1.31. The fourth-order valence-corrected chi connectivity index (χ4v) is 0.917. The highest BCUT2D eigenvalue weighted by molar-refractivity contribution is 6.20. The number of hydrogen-bond donors (Lipinski definition) is 3. The second-order valence-electron chi connectivity index (χ2n) is 2.29. The van der Waals surface area contributed by atoms with Crippen LogP contribution in [0.1, 0.15) is 0 Å². The van der Waals surface area contributed by atoms with E-state index in [2.05, 4.69) is 10.3 Å². The first kappa shape index (κ1) is 9.10. The van der Waals surface area contributed by atoms with Crippen LogP contribution in [0.25, 0.3) is 0 Å². The van der Waals surface area contributed by atoms with Gasteiger partial charge >= 0.3 is 11.9 Å². The summed E-state index contributed by atoms with van der Waals surface area (Å²) in [4.78, 5) is 24.1. The standard InChI is InChI=1S/C5H7N5O3/c1-7-3-2(10(12)13)4(11)9-5(6)8-3/h2H,1H3,(H3,6,7,8,9,11). The van der Waals surface area contributed by atoms with Crippen LogP contribution in [0.4, 0.5) is 0 Å². The normalized spacial score (nSPS) is 25.3. The zero-order chi connectivity index (χ0) is 10.0. The molecule has 0 aliphatic carbocycles. The fraction of sp³-hybridized carbons (Fsp3) is 0.400. The molecular formula is C5H7N5O3. The van der Waals surface area contributed by atoms with Gasteiger partial charge in [0.1, 0.15) is 0 Å². The van der Waals surface area contributed by atoms with Crippen molar-refractivity contribution < 1.29 is 9.72 Å². The molecule has 8 heteroatoms. The first-order chi connectivity index (χ1) is 6.06. The van der Waals surface area contributed by atoms with Crippen LogP contribution in [0.5, 0.6) is 0 Å². The molecule has 1 heterocycles. The highest BCUT2D eigenvalue weighted by atomic mass is 16.6. The number of nitrogens with zero attached hydrogens (tertiary/aromatic N) is 2. The second kappa shape index (κ2) is 3.17. The molecule has 1 amide bonds. The molecule has 1 aliphatic rings. The lowest BCUT2D eigenvalue weighted by molar-refractivity contribution is -0.489. The minimum Gasteiger partial charge on any atom is -0.308 e. The molecule has 13 heavy (non-hydrogen) atoms. The van der Waals surface area contributed by atoms with E-state index in [0.717, 1.165) is 0 Å². The molecule has 70 valence electrons. The maximum absolute atomic E-state index is 11.0. The van der Waals surface area contributed by atoms with Crippen LogP contribution in [0.15, 0.2) is 4.99 Å². The van der Waals surface area contributed by atoms with E-state index in [1.54, 1.807) is 0 Å². The predicted octanol–water partition coefficient (Wildman–Crippen LogP) is -1.69. The van der Waals surface area contributed by atoms with E-state index in [1.807, 2.05) is 5.32 Å². The number of guanidine groups is 1. The lowest BCUT2D eigenvalue weighted by Gasteiger charge is -2.19. The number of rotatable bonds is 1. The Balaban J connectivity index is 2.98. The molecule has 0 bridgehead atoms. The van der Waals surface area contributed by atoms with Crippen LogP contribution < -0.4 is 10.6 Å². The number of carbonyl (C=O) groups is 1. The van der Waals surface area contributed by atoms with Gasteiger partial charge in [-0.05, 0) is 0 Å². The number of amides is 1. The molecule has 1 aliphatic heterocycles. The largest absolute Gasteiger partial charge is 0.346 e. The minimum absolute atomic E-state index is 0.126. The van der Waals surface area contributed by atoms with Gasteiger partial charge in [-0.3, -0.25) is 30.6 Å².